The maximum absolute atomic E-state index is 5.68. The average molecular weight is 307 g/mol. The highest BCUT2D eigenvalue weighted by Gasteiger charge is 2.21. The third kappa shape index (κ3) is 3.74. The summed E-state index contributed by atoms with van der Waals surface area (Å²) in [6, 6.07) is 11.2. The Labute approximate surface area is 129 Å². The van der Waals surface area contributed by atoms with E-state index in [4.69, 9.17) is 16.0 Å². The summed E-state index contributed by atoms with van der Waals surface area (Å²) in [6.07, 6.45) is 0.628. The first-order chi connectivity index (χ1) is 10.3. The molecule has 0 aliphatic carbocycles. The maximum atomic E-state index is 5.68. The molecule has 1 saturated heterocycles. The van der Waals surface area contributed by atoms with Crippen LogP contribution in [0.5, 0.6) is 0 Å². The van der Waals surface area contributed by atoms with Gasteiger partial charge in [0.05, 0.1) is 0 Å². The van der Waals surface area contributed by atoms with Crippen molar-refractivity contribution in [3.63, 3.8) is 0 Å². The highest BCUT2D eigenvalue weighted by atomic mass is 35.5. The van der Waals surface area contributed by atoms with Crippen LogP contribution in [0.2, 0.25) is 0 Å². The van der Waals surface area contributed by atoms with Gasteiger partial charge in [-0.1, -0.05) is 35.4 Å². The molecule has 3 rings (SSSR count). The number of halogens is 1. The van der Waals surface area contributed by atoms with Gasteiger partial charge >= 0.3 is 6.01 Å². The Balaban J connectivity index is 1.52. The molecule has 0 saturated carbocycles. The van der Waals surface area contributed by atoms with Gasteiger partial charge in [-0.3, -0.25) is 4.90 Å². The van der Waals surface area contributed by atoms with E-state index in [0.717, 1.165) is 32.7 Å². The van der Waals surface area contributed by atoms with E-state index in [1.165, 1.54) is 5.56 Å². The molecular formula is C15H19ClN4O. The molecule has 2 heterocycles. The second-order valence-electron chi connectivity index (χ2n) is 5.17. The highest BCUT2D eigenvalue weighted by Crippen LogP contribution is 2.16. The van der Waals surface area contributed by atoms with Crippen molar-refractivity contribution in [1.82, 2.24) is 15.1 Å². The summed E-state index contributed by atoms with van der Waals surface area (Å²) in [4.78, 5) is 4.59. The molecule has 6 heteroatoms. The number of alkyl halides is 1. The van der Waals surface area contributed by atoms with Crippen LogP contribution in [0, 0.1) is 0 Å². The minimum Gasteiger partial charge on any atom is -0.408 e. The van der Waals surface area contributed by atoms with Crippen LogP contribution < -0.4 is 4.90 Å². The molecule has 21 heavy (non-hydrogen) atoms. The van der Waals surface area contributed by atoms with E-state index in [9.17, 15) is 0 Å². The smallest absolute Gasteiger partial charge is 0.318 e. The zero-order chi connectivity index (χ0) is 14.5. The van der Waals surface area contributed by atoms with Gasteiger partial charge in [0.1, 0.15) is 0 Å². The number of hydrogen-bond acceptors (Lipinski definition) is 5. The first-order valence-corrected chi connectivity index (χ1v) is 7.78. The Morgan fingerprint density at radius 3 is 2.52 bits per heavy atom. The van der Waals surface area contributed by atoms with E-state index in [1.54, 1.807) is 0 Å². The number of nitrogens with zero attached hydrogens (tertiary/aromatic N) is 4. The van der Waals surface area contributed by atoms with E-state index in [1.807, 2.05) is 0 Å². The SMILES string of the molecule is ClCCc1nnc(N2CCN(Cc3ccccc3)CC2)o1. The number of aromatic nitrogens is 2. The Bertz CT molecular complexity index is 552. The van der Waals surface area contributed by atoms with Crippen LogP contribution in [-0.2, 0) is 13.0 Å². The molecule has 5 nitrogen and oxygen atoms in total. The van der Waals surface area contributed by atoms with Crippen LogP contribution in [0.1, 0.15) is 11.5 Å². The molecule has 0 unspecified atom stereocenters. The second-order valence-corrected chi connectivity index (χ2v) is 5.54. The summed E-state index contributed by atoms with van der Waals surface area (Å²) < 4.78 is 5.62. The van der Waals surface area contributed by atoms with Gasteiger partial charge in [0.25, 0.3) is 0 Å². The molecular weight excluding hydrogens is 288 g/mol. The van der Waals surface area contributed by atoms with Crippen molar-refractivity contribution in [3.05, 3.63) is 41.8 Å². The van der Waals surface area contributed by atoms with Crippen molar-refractivity contribution >= 4 is 17.6 Å². The van der Waals surface area contributed by atoms with Gasteiger partial charge in [-0.25, -0.2) is 0 Å². The topological polar surface area (TPSA) is 45.4 Å². The van der Waals surface area contributed by atoms with Crippen molar-refractivity contribution in [1.29, 1.82) is 0 Å². The van der Waals surface area contributed by atoms with Gasteiger partial charge in [0.15, 0.2) is 0 Å². The Morgan fingerprint density at radius 2 is 1.81 bits per heavy atom. The molecule has 2 aromatic rings. The van der Waals surface area contributed by atoms with E-state index < -0.39 is 0 Å². The predicted octanol–water partition coefficient (Wildman–Crippen LogP) is 2.17. The van der Waals surface area contributed by atoms with Crippen molar-refractivity contribution in [2.75, 3.05) is 37.0 Å². The zero-order valence-electron chi connectivity index (χ0n) is 11.9. The fraction of sp³-hybridized carbons (Fsp3) is 0.467. The molecule has 1 aromatic carbocycles. The molecule has 0 amide bonds. The molecule has 1 aliphatic heterocycles. The van der Waals surface area contributed by atoms with Gasteiger partial charge < -0.3 is 9.32 Å². The van der Waals surface area contributed by atoms with Crippen molar-refractivity contribution in [2.24, 2.45) is 0 Å². The second kappa shape index (κ2) is 6.91. The average Bonchev–Trinajstić information content (AvgIpc) is 2.98. The summed E-state index contributed by atoms with van der Waals surface area (Å²) in [5.41, 5.74) is 1.35. The van der Waals surface area contributed by atoms with Gasteiger partial charge in [-0.15, -0.1) is 16.7 Å². The molecule has 1 aromatic heterocycles. The van der Waals surface area contributed by atoms with E-state index in [0.29, 0.717) is 24.2 Å². The monoisotopic (exact) mass is 306 g/mol. The third-order valence-electron chi connectivity index (χ3n) is 3.66. The summed E-state index contributed by atoms with van der Waals surface area (Å²) in [5, 5.41) is 8.11. The maximum Gasteiger partial charge on any atom is 0.318 e. The van der Waals surface area contributed by atoms with Gasteiger partial charge in [-0.2, -0.15) is 0 Å². The lowest BCUT2D eigenvalue weighted by atomic mass is 10.2. The number of aryl methyl sites for hydroxylation is 1. The lowest BCUT2D eigenvalue weighted by molar-refractivity contribution is 0.245. The number of benzene rings is 1. The molecule has 1 aliphatic rings. The fourth-order valence-electron chi connectivity index (χ4n) is 2.49. The fourth-order valence-corrected chi connectivity index (χ4v) is 2.65. The van der Waals surface area contributed by atoms with Crippen LogP contribution in [0.4, 0.5) is 6.01 Å². The van der Waals surface area contributed by atoms with Crippen molar-refractivity contribution in [3.8, 4) is 0 Å². The minimum absolute atomic E-state index is 0.506. The first-order valence-electron chi connectivity index (χ1n) is 7.25. The summed E-state index contributed by atoms with van der Waals surface area (Å²) >= 11 is 5.68. The van der Waals surface area contributed by atoms with Crippen molar-refractivity contribution < 1.29 is 4.42 Å². The van der Waals surface area contributed by atoms with Gasteiger partial charge in [0, 0.05) is 45.0 Å². The molecule has 0 atom stereocenters. The third-order valence-corrected chi connectivity index (χ3v) is 3.85. The summed E-state index contributed by atoms with van der Waals surface area (Å²) in [6.45, 7) is 4.82. The number of anilines is 1. The predicted molar refractivity (Wildman–Crippen MR) is 82.7 cm³/mol. The lowest BCUT2D eigenvalue weighted by Crippen LogP contribution is -2.46. The van der Waals surface area contributed by atoms with Gasteiger partial charge in [-0.05, 0) is 5.56 Å². The van der Waals surface area contributed by atoms with Crippen LogP contribution in [0.3, 0.4) is 0 Å². The molecule has 0 N–H and O–H groups in total. The first kappa shape index (κ1) is 14.4. The number of rotatable bonds is 5. The molecule has 0 spiro atoms. The summed E-state index contributed by atoms with van der Waals surface area (Å²) in [7, 11) is 0. The Morgan fingerprint density at radius 1 is 1.05 bits per heavy atom. The van der Waals surface area contributed by atoms with E-state index in [2.05, 4.69) is 50.3 Å². The normalized spacial score (nSPS) is 16.3. The Hall–Kier alpha value is -1.59. The number of hydrogen-bond donors (Lipinski definition) is 0. The lowest BCUT2D eigenvalue weighted by Gasteiger charge is -2.33. The van der Waals surface area contributed by atoms with Crippen LogP contribution in [0.25, 0.3) is 0 Å². The van der Waals surface area contributed by atoms with Crippen LogP contribution >= 0.6 is 11.6 Å². The summed E-state index contributed by atoms with van der Waals surface area (Å²) in [5.74, 6) is 1.12. The van der Waals surface area contributed by atoms with Crippen molar-refractivity contribution in [2.45, 2.75) is 13.0 Å². The standard InChI is InChI=1S/C15H19ClN4O/c16-7-6-14-17-18-15(21-14)20-10-8-19(9-11-20)12-13-4-2-1-3-5-13/h1-5H,6-12H2. The zero-order valence-corrected chi connectivity index (χ0v) is 12.7. The van der Waals surface area contributed by atoms with Crippen LogP contribution in [0.15, 0.2) is 34.7 Å². The van der Waals surface area contributed by atoms with Gasteiger partial charge in [0.2, 0.25) is 5.89 Å². The highest BCUT2D eigenvalue weighted by molar-refractivity contribution is 6.17. The largest absolute Gasteiger partial charge is 0.408 e. The molecule has 112 valence electrons. The molecule has 0 bridgehead atoms. The molecule has 0 radical (unpaired) electrons. The van der Waals surface area contributed by atoms with Crippen LogP contribution in [-0.4, -0.2) is 47.2 Å². The minimum atomic E-state index is 0.506. The Kier molecular flexibility index (Phi) is 4.72. The molecule has 1 fully saturated rings. The van der Waals surface area contributed by atoms with E-state index in [-0.39, 0.29) is 0 Å². The quantitative estimate of drug-likeness (QED) is 0.792. The number of piperazine rings is 1. The van der Waals surface area contributed by atoms with E-state index >= 15 is 0 Å².